The van der Waals surface area contributed by atoms with Crippen molar-refractivity contribution in [3.63, 3.8) is 0 Å². The van der Waals surface area contributed by atoms with Gasteiger partial charge in [-0.25, -0.2) is 13.1 Å². The molecular formula is C17H22N6O3S2. The minimum absolute atomic E-state index is 0.0379. The highest BCUT2D eigenvalue weighted by molar-refractivity contribution is 7.99. The van der Waals surface area contributed by atoms with Crippen LogP contribution in [0.4, 0.5) is 5.69 Å². The maximum absolute atomic E-state index is 12.8. The molecule has 2 aromatic rings. The first-order valence-corrected chi connectivity index (χ1v) is 11.7. The Hall–Kier alpha value is -1.98. The van der Waals surface area contributed by atoms with Crippen molar-refractivity contribution in [3.8, 4) is 0 Å². The summed E-state index contributed by atoms with van der Waals surface area (Å²) in [5.74, 6) is 0.186. The summed E-state index contributed by atoms with van der Waals surface area (Å²) in [5, 5.41) is 11.8. The Morgan fingerprint density at radius 3 is 2.68 bits per heavy atom. The van der Waals surface area contributed by atoms with Crippen LogP contribution in [0, 0.1) is 0 Å². The molecule has 1 saturated heterocycles. The summed E-state index contributed by atoms with van der Waals surface area (Å²) in [6, 6.07) is 5.13. The lowest BCUT2D eigenvalue weighted by molar-refractivity contribution is -0.116. The first-order valence-electron chi connectivity index (χ1n) is 9.25. The third kappa shape index (κ3) is 3.65. The predicted molar refractivity (Wildman–Crippen MR) is 105 cm³/mol. The molecule has 2 aliphatic heterocycles. The second-order valence-electron chi connectivity index (χ2n) is 6.92. The molecule has 28 heavy (non-hydrogen) atoms. The zero-order valence-electron chi connectivity index (χ0n) is 15.6. The van der Waals surface area contributed by atoms with Crippen molar-refractivity contribution in [1.82, 2.24) is 24.5 Å². The Morgan fingerprint density at radius 2 is 1.96 bits per heavy atom. The molecule has 0 radical (unpaired) electrons. The number of sulfonamides is 1. The van der Waals surface area contributed by atoms with E-state index in [0.717, 1.165) is 36.9 Å². The Balaban J connectivity index is 1.53. The van der Waals surface area contributed by atoms with E-state index in [1.165, 1.54) is 16.4 Å². The highest BCUT2D eigenvalue weighted by atomic mass is 32.2. The summed E-state index contributed by atoms with van der Waals surface area (Å²) in [7, 11) is -1.73. The van der Waals surface area contributed by atoms with Crippen LogP contribution in [0.25, 0.3) is 0 Å². The lowest BCUT2D eigenvalue weighted by Gasteiger charge is -2.30. The number of hydrogen-bond acceptors (Lipinski definition) is 7. The molecule has 11 heteroatoms. The number of anilines is 1. The molecule has 1 amide bonds. The predicted octanol–water partition coefficient (Wildman–Crippen LogP) is 1.07. The fraction of sp³-hybridized carbons (Fsp3) is 0.529. The van der Waals surface area contributed by atoms with Gasteiger partial charge in [0, 0.05) is 32.4 Å². The molecule has 0 bridgehead atoms. The van der Waals surface area contributed by atoms with Gasteiger partial charge in [-0.05, 0) is 59.9 Å². The number of nitrogens with zero attached hydrogens (tertiary/aromatic N) is 6. The molecule has 9 nitrogen and oxygen atoms in total. The first kappa shape index (κ1) is 19.3. The smallest absolute Gasteiger partial charge is 0.243 e. The normalized spacial score (nSPS) is 17.7. The number of carbonyl (C=O) groups is 1. The molecule has 0 aliphatic carbocycles. The first-order chi connectivity index (χ1) is 13.5. The molecule has 0 atom stereocenters. The summed E-state index contributed by atoms with van der Waals surface area (Å²) in [4.78, 5) is 14.8. The largest absolute Gasteiger partial charge is 0.311 e. The van der Waals surface area contributed by atoms with Gasteiger partial charge >= 0.3 is 0 Å². The number of amides is 1. The van der Waals surface area contributed by atoms with Gasteiger partial charge in [0.1, 0.15) is 0 Å². The van der Waals surface area contributed by atoms with E-state index in [-0.39, 0.29) is 11.7 Å². The maximum atomic E-state index is 12.8. The zero-order valence-corrected chi connectivity index (χ0v) is 17.2. The zero-order chi connectivity index (χ0) is 19.7. The monoisotopic (exact) mass is 422 g/mol. The molecule has 0 spiro atoms. The number of thioether (sulfide) groups is 1. The fourth-order valence-corrected chi connectivity index (χ4v) is 5.91. The van der Waals surface area contributed by atoms with E-state index in [9.17, 15) is 13.2 Å². The van der Waals surface area contributed by atoms with Gasteiger partial charge in [-0.3, -0.25) is 4.79 Å². The average molecular weight is 423 g/mol. The van der Waals surface area contributed by atoms with Crippen LogP contribution in [0.3, 0.4) is 0 Å². The van der Waals surface area contributed by atoms with Crippen LogP contribution in [-0.4, -0.2) is 64.2 Å². The average Bonchev–Trinajstić information content (AvgIpc) is 3.37. The number of aryl methyl sites for hydroxylation is 2. The van der Waals surface area contributed by atoms with Gasteiger partial charge < -0.3 is 4.90 Å². The molecule has 0 saturated carbocycles. The summed E-state index contributed by atoms with van der Waals surface area (Å²) in [5.41, 5.74) is 1.71. The van der Waals surface area contributed by atoms with E-state index < -0.39 is 10.0 Å². The van der Waals surface area contributed by atoms with Crippen LogP contribution in [-0.2, 0) is 28.3 Å². The molecule has 1 fully saturated rings. The SMILES string of the molecule is Cn1nnnc1SCC(=O)N1CCCc2cc(S(=O)(=O)N3CCCC3)ccc21. The molecule has 0 unspecified atom stereocenters. The topological polar surface area (TPSA) is 101 Å². The van der Waals surface area contributed by atoms with E-state index >= 15 is 0 Å². The Morgan fingerprint density at radius 1 is 1.18 bits per heavy atom. The van der Waals surface area contributed by atoms with Gasteiger partial charge in [-0.1, -0.05) is 11.8 Å². The number of carbonyl (C=O) groups excluding carboxylic acids is 1. The minimum atomic E-state index is -3.45. The molecule has 4 rings (SSSR count). The van der Waals surface area contributed by atoms with Gasteiger partial charge in [0.05, 0.1) is 10.6 Å². The second kappa shape index (κ2) is 7.80. The van der Waals surface area contributed by atoms with E-state index in [1.54, 1.807) is 34.5 Å². The Kier molecular flexibility index (Phi) is 5.39. The lowest BCUT2D eigenvalue weighted by atomic mass is 10.0. The van der Waals surface area contributed by atoms with Crippen molar-refractivity contribution < 1.29 is 13.2 Å². The highest BCUT2D eigenvalue weighted by Crippen LogP contribution is 2.32. The number of tetrazole rings is 1. The molecular weight excluding hydrogens is 400 g/mol. The number of aromatic nitrogens is 4. The summed E-state index contributed by atoms with van der Waals surface area (Å²) in [6.45, 7) is 1.79. The van der Waals surface area contributed by atoms with E-state index in [2.05, 4.69) is 15.5 Å². The van der Waals surface area contributed by atoms with Gasteiger partial charge in [-0.2, -0.15) is 4.31 Å². The number of rotatable bonds is 5. The van der Waals surface area contributed by atoms with Gasteiger partial charge in [0.25, 0.3) is 0 Å². The number of fused-ring (bicyclic) bond motifs is 1. The Labute approximate surface area is 168 Å². The molecule has 2 aliphatic rings. The van der Waals surface area contributed by atoms with Crippen LogP contribution < -0.4 is 4.90 Å². The van der Waals surface area contributed by atoms with Crippen molar-refractivity contribution in [2.45, 2.75) is 35.7 Å². The summed E-state index contributed by atoms with van der Waals surface area (Å²) >= 11 is 1.29. The standard InChI is InChI=1S/C17H22N6O3S2/c1-21-17(18-19-20-21)27-12-16(24)23-10-4-5-13-11-14(6-7-15(13)23)28(25,26)22-8-2-3-9-22/h6-7,11H,2-5,8-10,12H2,1H3. The van der Waals surface area contributed by atoms with E-state index in [0.29, 0.717) is 29.7 Å². The Bertz CT molecular complexity index is 985. The molecule has 150 valence electrons. The minimum Gasteiger partial charge on any atom is -0.311 e. The molecule has 1 aromatic carbocycles. The number of benzene rings is 1. The van der Waals surface area contributed by atoms with E-state index in [1.807, 2.05) is 0 Å². The summed E-state index contributed by atoms with van der Waals surface area (Å²) in [6.07, 6.45) is 3.39. The molecule has 1 aromatic heterocycles. The molecule has 0 N–H and O–H groups in total. The third-order valence-corrected chi connectivity index (χ3v) is 7.97. The second-order valence-corrected chi connectivity index (χ2v) is 9.80. The third-order valence-electron chi connectivity index (χ3n) is 5.08. The van der Waals surface area contributed by atoms with Crippen LogP contribution in [0.1, 0.15) is 24.8 Å². The van der Waals surface area contributed by atoms with Crippen molar-refractivity contribution in [2.75, 3.05) is 30.3 Å². The van der Waals surface area contributed by atoms with Crippen molar-refractivity contribution in [2.24, 2.45) is 7.05 Å². The van der Waals surface area contributed by atoms with Crippen LogP contribution >= 0.6 is 11.8 Å². The van der Waals surface area contributed by atoms with Crippen LogP contribution in [0.5, 0.6) is 0 Å². The quantitative estimate of drug-likeness (QED) is 0.664. The van der Waals surface area contributed by atoms with E-state index in [4.69, 9.17) is 0 Å². The fourth-order valence-electron chi connectivity index (χ4n) is 3.62. The van der Waals surface area contributed by atoms with Crippen molar-refractivity contribution in [1.29, 1.82) is 0 Å². The van der Waals surface area contributed by atoms with Crippen molar-refractivity contribution >= 4 is 33.4 Å². The molecule has 3 heterocycles. The van der Waals surface area contributed by atoms with Crippen molar-refractivity contribution in [3.05, 3.63) is 23.8 Å². The lowest BCUT2D eigenvalue weighted by Crippen LogP contribution is -2.37. The van der Waals surface area contributed by atoms with Crippen LogP contribution in [0.15, 0.2) is 28.3 Å². The highest BCUT2D eigenvalue weighted by Gasteiger charge is 2.29. The summed E-state index contributed by atoms with van der Waals surface area (Å²) < 4.78 is 28.7. The number of hydrogen-bond donors (Lipinski definition) is 0. The van der Waals surface area contributed by atoms with Gasteiger partial charge in [0.2, 0.25) is 21.1 Å². The maximum Gasteiger partial charge on any atom is 0.243 e. The van der Waals surface area contributed by atoms with Crippen LogP contribution in [0.2, 0.25) is 0 Å². The van der Waals surface area contributed by atoms with Gasteiger partial charge in [0.15, 0.2) is 0 Å². The van der Waals surface area contributed by atoms with Gasteiger partial charge in [-0.15, -0.1) is 5.10 Å².